The van der Waals surface area contributed by atoms with Gasteiger partial charge in [0.25, 0.3) is 0 Å². The van der Waals surface area contributed by atoms with Crippen molar-refractivity contribution in [3.05, 3.63) is 58.7 Å². The third kappa shape index (κ3) is 4.18. The Morgan fingerprint density at radius 1 is 1.15 bits per heavy atom. The van der Waals surface area contributed by atoms with Crippen molar-refractivity contribution in [3.8, 4) is 5.75 Å². The number of ether oxygens (including phenoxy) is 3. The average Bonchev–Trinajstić information content (AvgIpc) is 2.72. The number of dihydropyridines is 1. The molecule has 0 saturated carbocycles. The van der Waals surface area contributed by atoms with E-state index in [1.54, 1.807) is 20.3 Å². The quantitative estimate of drug-likeness (QED) is 0.737. The van der Waals surface area contributed by atoms with Gasteiger partial charge < -0.3 is 19.5 Å². The third-order valence-electron chi connectivity index (χ3n) is 5.09. The Bertz CT molecular complexity index is 791. The topological polar surface area (TPSA) is 56.8 Å². The fraction of sp³-hybridized carbons (Fsp3) is 0.409. The first kappa shape index (κ1) is 19.1. The minimum absolute atomic E-state index is 0.121. The van der Waals surface area contributed by atoms with Crippen LogP contribution in [0, 0.1) is 0 Å². The first-order valence-corrected chi connectivity index (χ1v) is 9.36. The lowest BCUT2D eigenvalue weighted by atomic mass is 9.87. The smallest absolute Gasteiger partial charge is 0.187 e. The monoisotopic (exact) mass is 369 g/mol. The van der Waals surface area contributed by atoms with Crippen molar-refractivity contribution < 1.29 is 19.0 Å². The molecule has 144 valence electrons. The van der Waals surface area contributed by atoms with E-state index in [-0.39, 0.29) is 6.04 Å². The Balaban J connectivity index is 1.88. The molecule has 1 unspecified atom stereocenters. The number of methoxy groups -OCH3 is 2. The van der Waals surface area contributed by atoms with Crippen LogP contribution in [0.5, 0.6) is 5.75 Å². The highest BCUT2D eigenvalue weighted by atomic mass is 16.5. The molecule has 0 bridgehead atoms. The van der Waals surface area contributed by atoms with E-state index in [2.05, 4.69) is 11.4 Å². The van der Waals surface area contributed by atoms with E-state index in [1.165, 1.54) is 11.1 Å². The zero-order chi connectivity index (χ0) is 19.2. The van der Waals surface area contributed by atoms with Gasteiger partial charge in [-0.1, -0.05) is 18.2 Å². The lowest BCUT2D eigenvalue weighted by Gasteiger charge is -2.27. The zero-order valence-corrected chi connectivity index (χ0v) is 16.2. The van der Waals surface area contributed by atoms with E-state index >= 15 is 0 Å². The zero-order valence-electron chi connectivity index (χ0n) is 16.2. The average molecular weight is 369 g/mol. The number of hydrogen-bond acceptors (Lipinski definition) is 5. The van der Waals surface area contributed by atoms with Crippen molar-refractivity contribution in [1.29, 1.82) is 0 Å². The summed E-state index contributed by atoms with van der Waals surface area (Å²) in [6, 6.07) is 8.00. The summed E-state index contributed by atoms with van der Waals surface area (Å²) in [7, 11) is 3.28. The Labute approximate surface area is 160 Å². The molecular weight excluding hydrogens is 342 g/mol. The molecule has 1 atom stereocenters. The van der Waals surface area contributed by atoms with Crippen molar-refractivity contribution in [2.75, 3.05) is 20.8 Å². The van der Waals surface area contributed by atoms with Crippen LogP contribution in [-0.4, -0.2) is 33.2 Å². The van der Waals surface area contributed by atoms with Gasteiger partial charge in [0.1, 0.15) is 18.1 Å². The molecule has 5 heteroatoms. The van der Waals surface area contributed by atoms with Gasteiger partial charge in [-0.2, -0.15) is 0 Å². The lowest BCUT2D eigenvalue weighted by molar-refractivity contribution is -0.105. The van der Waals surface area contributed by atoms with Crippen LogP contribution in [-0.2, 0) is 14.3 Å². The highest BCUT2D eigenvalue weighted by Crippen LogP contribution is 2.37. The SMILES string of the molecule is COC1=CC(C=O)=C(OCC2=C(c3ccccc3OC)CCCC2)C(C)N1. The minimum Gasteiger partial charge on any atom is -0.496 e. The van der Waals surface area contributed by atoms with Crippen molar-refractivity contribution in [2.24, 2.45) is 0 Å². The summed E-state index contributed by atoms with van der Waals surface area (Å²) in [6.07, 6.45) is 6.83. The fourth-order valence-corrected chi connectivity index (χ4v) is 3.71. The molecule has 1 aromatic carbocycles. The van der Waals surface area contributed by atoms with E-state index in [9.17, 15) is 4.79 Å². The number of carbonyl (C=O) groups excluding carboxylic acids is 1. The molecule has 27 heavy (non-hydrogen) atoms. The predicted molar refractivity (Wildman–Crippen MR) is 105 cm³/mol. The van der Waals surface area contributed by atoms with Gasteiger partial charge in [0.15, 0.2) is 12.2 Å². The van der Waals surface area contributed by atoms with E-state index in [1.807, 2.05) is 25.1 Å². The van der Waals surface area contributed by atoms with E-state index in [0.29, 0.717) is 23.8 Å². The molecule has 1 aliphatic carbocycles. The Morgan fingerprint density at radius 2 is 1.93 bits per heavy atom. The summed E-state index contributed by atoms with van der Waals surface area (Å²) in [6.45, 7) is 2.43. The summed E-state index contributed by atoms with van der Waals surface area (Å²) in [5, 5.41) is 3.19. The summed E-state index contributed by atoms with van der Waals surface area (Å²) in [5.74, 6) is 2.12. The molecule has 0 amide bonds. The molecule has 1 heterocycles. The minimum atomic E-state index is -0.121. The Hall–Kier alpha value is -2.69. The maximum absolute atomic E-state index is 11.5. The van der Waals surface area contributed by atoms with Crippen LogP contribution in [0.15, 0.2) is 53.1 Å². The maximum Gasteiger partial charge on any atom is 0.187 e. The number of para-hydroxylation sites is 1. The normalized spacial score (nSPS) is 20.0. The standard InChI is InChI=1S/C22H27NO4/c1-15-22(17(13-24)12-21(23-15)26-3)27-14-16-8-4-5-9-18(16)19-10-6-7-11-20(19)25-2/h6-7,10-13,15,23H,4-5,8-9,14H2,1-3H3. The highest BCUT2D eigenvalue weighted by Gasteiger charge is 2.23. The summed E-state index contributed by atoms with van der Waals surface area (Å²) < 4.78 is 16.9. The first-order chi connectivity index (χ1) is 13.2. The van der Waals surface area contributed by atoms with Gasteiger partial charge >= 0.3 is 0 Å². The molecular formula is C22H27NO4. The van der Waals surface area contributed by atoms with Gasteiger partial charge in [-0.25, -0.2) is 0 Å². The van der Waals surface area contributed by atoms with Crippen molar-refractivity contribution in [2.45, 2.75) is 38.6 Å². The van der Waals surface area contributed by atoms with Crippen molar-refractivity contribution >= 4 is 11.9 Å². The second-order valence-corrected chi connectivity index (χ2v) is 6.79. The summed E-state index contributed by atoms with van der Waals surface area (Å²) in [5.41, 5.74) is 4.24. The van der Waals surface area contributed by atoms with Gasteiger partial charge in [-0.3, -0.25) is 4.79 Å². The molecule has 2 aliphatic rings. The van der Waals surface area contributed by atoms with Crippen LogP contribution < -0.4 is 10.1 Å². The molecule has 5 nitrogen and oxygen atoms in total. The first-order valence-electron chi connectivity index (χ1n) is 9.36. The van der Waals surface area contributed by atoms with Crippen molar-refractivity contribution in [3.63, 3.8) is 0 Å². The third-order valence-corrected chi connectivity index (χ3v) is 5.09. The van der Waals surface area contributed by atoms with Crippen LogP contribution in [0.1, 0.15) is 38.2 Å². The number of hydrogen-bond donors (Lipinski definition) is 1. The molecule has 1 aromatic rings. The number of nitrogens with one attached hydrogen (secondary N) is 1. The molecule has 1 aliphatic heterocycles. The number of allylic oxidation sites excluding steroid dienone is 3. The summed E-state index contributed by atoms with van der Waals surface area (Å²) >= 11 is 0. The van der Waals surface area contributed by atoms with Crippen LogP contribution in [0.4, 0.5) is 0 Å². The molecule has 0 spiro atoms. The molecule has 3 rings (SSSR count). The number of carbonyl (C=O) groups is 1. The second-order valence-electron chi connectivity index (χ2n) is 6.79. The molecule has 1 N–H and O–H groups in total. The van der Waals surface area contributed by atoms with Crippen LogP contribution in [0.2, 0.25) is 0 Å². The molecule has 0 radical (unpaired) electrons. The number of aldehydes is 1. The van der Waals surface area contributed by atoms with Crippen LogP contribution >= 0.6 is 0 Å². The van der Waals surface area contributed by atoms with Crippen LogP contribution in [0.3, 0.4) is 0 Å². The van der Waals surface area contributed by atoms with E-state index < -0.39 is 0 Å². The highest BCUT2D eigenvalue weighted by molar-refractivity contribution is 5.79. The van der Waals surface area contributed by atoms with Crippen LogP contribution in [0.25, 0.3) is 5.57 Å². The van der Waals surface area contributed by atoms with Crippen molar-refractivity contribution in [1.82, 2.24) is 5.32 Å². The van der Waals surface area contributed by atoms with Gasteiger partial charge in [-0.15, -0.1) is 0 Å². The lowest BCUT2D eigenvalue weighted by Crippen LogP contribution is -2.33. The van der Waals surface area contributed by atoms with Gasteiger partial charge in [0, 0.05) is 11.6 Å². The van der Waals surface area contributed by atoms with Gasteiger partial charge in [-0.05, 0) is 49.8 Å². The molecule has 0 fully saturated rings. The molecule has 0 aromatic heterocycles. The molecule has 0 saturated heterocycles. The summed E-state index contributed by atoms with van der Waals surface area (Å²) in [4.78, 5) is 11.5. The fourth-order valence-electron chi connectivity index (χ4n) is 3.71. The number of benzene rings is 1. The van der Waals surface area contributed by atoms with Gasteiger partial charge in [0.2, 0.25) is 0 Å². The second kappa shape index (κ2) is 8.80. The van der Waals surface area contributed by atoms with E-state index in [0.717, 1.165) is 43.3 Å². The maximum atomic E-state index is 11.5. The number of rotatable bonds is 7. The largest absolute Gasteiger partial charge is 0.496 e. The Kier molecular flexibility index (Phi) is 6.22. The Morgan fingerprint density at radius 3 is 2.67 bits per heavy atom. The predicted octanol–water partition coefficient (Wildman–Crippen LogP) is 3.97. The van der Waals surface area contributed by atoms with E-state index in [4.69, 9.17) is 14.2 Å². The van der Waals surface area contributed by atoms with Gasteiger partial charge in [0.05, 0.1) is 25.8 Å².